The Morgan fingerprint density at radius 1 is 1.09 bits per heavy atom. The molecule has 1 aromatic heterocycles. The summed E-state index contributed by atoms with van der Waals surface area (Å²) in [6.07, 6.45) is 1.52. The summed E-state index contributed by atoms with van der Waals surface area (Å²) in [4.78, 5) is 27.6. The average Bonchev–Trinajstić information content (AvgIpc) is 3.37. The summed E-state index contributed by atoms with van der Waals surface area (Å²) in [5, 5.41) is 11.2. The Labute approximate surface area is 186 Å². The number of likely N-dealkylation sites (tertiary alicyclic amines) is 1. The third-order valence-corrected chi connectivity index (χ3v) is 5.55. The van der Waals surface area contributed by atoms with E-state index in [4.69, 9.17) is 9.15 Å². The number of ketones is 1. The molecule has 0 bridgehead atoms. The molecule has 1 aliphatic rings. The van der Waals surface area contributed by atoms with Crippen LogP contribution in [0, 0.1) is 13.8 Å². The monoisotopic (exact) mass is 431 g/mol. The largest absolute Gasteiger partial charge is 0.507 e. The molecule has 1 saturated heterocycles. The molecular formula is C26H25NO5. The average molecular weight is 431 g/mol. The van der Waals surface area contributed by atoms with E-state index in [0.29, 0.717) is 23.7 Å². The second-order valence-electron chi connectivity index (χ2n) is 7.83. The van der Waals surface area contributed by atoms with Gasteiger partial charge in [-0.2, -0.15) is 0 Å². The van der Waals surface area contributed by atoms with E-state index >= 15 is 0 Å². The minimum absolute atomic E-state index is 0.0655. The molecule has 6 nitrogen and oxygen atoms in total. The van der Waals surface area contributed by atoms with Crippen LogP contribution in [0.4, 0.5) is 0 Å². The molecule has 1 amide bonds. The maximum Gasteiger partial charge on any atom is 0.296 e. The second kappa shape index (κ2) is 8.75. The molecule has 6 heteroatoms. The SMILES string of the molecule is CCOc1ccc(/C(O)=C2/C(=O)C(=O)N(Cc3ccco3)C2c2cccc(C)c2)cc1C. The lowest BCUT2D eigenvalue weighted by Crippen LogP contribution is -2.29. The van der Waals surface area contributed by atoms with Crippen LogP contribution >= 0.6 is 0 Å². The molecule has 0 saturated carbocycles. The number of aliphatic hydroxyl groups excluding tert-OH is 1. The fourth-order valence-corrected chi connectivity index (χ4v) is 4.07. The number of benzene rings is 2. The van der Waals surface area contributed by atoms with E-state index in [9.17, 15) is 14.7 Å². The summed E-state index contributed by atoms with van der Waals surface area (Å²) >= 11 is 0. The Hall–Kier alpha value is -3.80. The predicted molar refractivity (Wildman–Crippen MR) is 120 cm³/mol. The molecular weight excluding hydrogens is 406 g/mol. The number of ether oxygens (including phenoxy) is 1. The van der Waals surface area contributed by atoms with Crippen molar-refractivity contribution in [3.05, 3.63) is 94.4 Å². The first-order valence-corrected chi connectivity index (χ1v) is 10.5. The normalized spacial score (nSPS) is 17.7. The van der Waals surface area contributed by atoms with Crippen LogP contribution in [-0.2, 0) is 16.1 Å². The minimum Gasteiger partial charge on any atom is -0.507 e. The van der Waals surface area contributed by atoms with Crippen molar-refractivity contribution in [2.75, 3.05) is 6.61 Å². The molecule has 0 radical (unpaired) electrons. The highest BCUT2D eigenvalue weighted by atomic mass is 16.5. The van der Waals surface area contributed by atoms with Gasteiger partial charge in [-0.15, -0.1) is 0 Å². The summed E-state index contributed by atoms with van der Waals surface area (Å²) in [6.45, 7) is 6.36. The highest BCUT2D eigenvalue weighted by Gasteiger charge is 2.46. The number of carbonyl (C=O) groups excluding carboxylic acids is 2. The van der Waals surface area contributed by atoms with E-state index in [2.05, 4.69) is 0 Å². The molecule has 164 valence electrons. The summed E-state index contributed by atoms with van der Waals surface area (Å²) in [7, 11) is 0. The highest BCUT2D eigenvalue weighted by Crippen LogP contribution is 2.41. The minimum atomic E-state index is -0.730. The maximum absolute atomic E-state index is 13.1. The standard InChI is InChI=1S/C26H25NO5/c1-4-31-21-11-10-19(14-17(21)3)24(28)22-23(18-8-5-7-16(2)13-18)27(26(30)25(22)29)15-20-9-6-12-32-20/h5-14,23,28H,4,15H2,1-3H3/b24-22-. The van der Waals surface area contributed by atoms with Crippen molar-refractivity contribution >= 4 is 17.4 Å². The van der Waals surface area contributed by atoms with Gasteiger partial charge in [0.05, 0.1) is 31.0 Å². The Kier molecular flexibility index (Phi) is 5.86. The molecule has 32 heavy (non-hydrogen) atoms. The molecule has 1 N–H and O–H groups in total. The number of carbonyl (C=O) groups is 2. The van der Waals surface area contributed by atoms with Crippen LogP contribution in [0.1, 0.15) is 41.0 Å². The molecule has 4 rings (SSSR count). The van der Waals surface area contributed by atoms with Gasteiger partial charge in [-0.25, -0.2) is 0 Å². The third-order valence-electron chi connectivity index (χ3n) is 5.55. The topological polar surface area (TPSA) is 80.0 Å². The van der Waals surface area contributed by atoms with Gasteiger partial charge >= 0.3 is 0 Å². The van der Waals surface area contributed by atoms with Gasteiger partial charge in [0, 0.05) is 5.56 Å². The fourth-order valence-electron chi connectivity index (χ4n) is 4.07. The van der Waals surface area contributed by atoms with Crippen molar-refractivity contribution in [3.63, 3.8) is 0 Å². The Bertz CT molecular complexity index is 1190. The molecule has 0 aliphatic carbocycles. The lowest BCUT2D eigenvalue weighted by molar-refractivity contribution is -0.140. The van der Waals surface area contributed by atoms with E-state index in [1.807, 2.05) is 45.0 Å². The number of rotatable bonds is 6. The molecule has 1 unspecified atom stereocenters. The van der Waals surface area contributed by atoms with E-state index in [1.165, 1.54) is 11.2 Å². The molecule has 3 aromatic rings. The Balaban J connectivity index is 1.85. The first-order valence-electron chi connectivity index (χ1n) is 10.5. The molecule has 0 spiro atoms. The van der Waals surface area contributed by atoms with Gasteiger partial charge in [0.15, 0.2) is 0 Å². The quantitative estimate of drug-likeness (QED) is 0.341. The molecule has 1 atom stereocenters. The first-order chi connectivity index (χ1) is 15.4. The van der Waals surface area contributed by atoms with Crippen LogP contribution in [-0.4, -0.2) is 28.3 Å². The van der Waals surface area contributed by atoms with E-state index in [1.54, 1.807) is 30.3 Å². The molecule has 2 heterocycles. The van der Waals surface area contributed by atoms with Crippen LogP contribution in [0.3, 0.4) is 0 Å². The van der Waals surface area contributed by atoms with Crippen molar-refractivity contribution in [2.24, 2.45) is 0 Å². The van der Waals surface area contributed by atoms with Gasteiger partial charge < -0.3 is 19.2 Å². The summed E-state index contributed by atoms with van der Waals surface area (Å²) in [6, 6.07) is 15.6. The zero-order valence-corrected chi connectivity index (χ0v) is 18.3. The predicted octanol–water partition coefficient (Wildman–Crippen LogP) is 4.92. The number of nitrogens with zero attached hydrogens (tertiary/aromatic N) is 1. The van der Waals surface area contributed by atoms with E-state index in [0.717, 1.165) is 16.7 Å². The van der Waals surface area contributed by atoms with Crippen LogP contribution < -0.4 is 4.74 Å². The third kappa shape index (κ3) is 3.91. The summed E-state index contributed by atoms with van der Waals surface area (Å²) in [5.41, 5.74) is 3.09. The van der Waals surface area contributed by atoms with Crippen LogP contribution in [0.25, 0.3) is 5.76 Å². The van der Waals surface area contributed by atoms with Crippen molar-refractivity contribution in [1.29, 1.82) is 0 Å². The van der Waals surface area contributed by atoms with Crippen molar-refractivity contribution in [2.45, 2.75) is 33.4 Å². The van der Waals surface area contributed by atoms with Gasteiger partial charge in [0.2, 0.25) is 0 Å². The number of hydrogen-bond donors (Lipinski definition) is 1. The van der Waals surface area contributed by atoms with Crippen LogP contribution in [0.2, 0.25) is 0 Å². The fraction of sp³-hybridized carbons (Fsp3) is 0.231. The van der Waals surface area contributed by atoms with Gasteiger partial charge in [-0.1, -0.05) is 29.8 Å². The van der Waals surface area contributed by atoms with Crippen LogP contribution in [0.5, 0.6) is 5.75 Å². The van der Waals surface area contributed by atoms with Crippen molar-refractivity contribution in [3.8, 4) is 5.75 Å². The summed E-state index contributed by atoms with van der Waals surface area (Å²) in [5.74, 6) is -0.328. The smallest absolute Gasteiger partial charge is 0.296 e. The number of Topliss-reactive ketones (excluding diaryl/α,β-unsaturated/α-hetero) is 1. The van der Waals surface area contributed by atoms with E-state index < -0.39 is 17.7 Å². The van der Waals surface area contributed by atoms with Crippen molar-refractivity contribution in [1.82, 2.24) is 4.90 Å². The molecule has 1 fully saturated rings. The zero-order valence-electron chi connectivity index (χ0n) is 18.3. The Morgan fingerprint density at radius 3 is 2.56 bits per heavy atom. The number of amides is 1. The first kappa shape index (κ1) is 21.4. The van der Waals surface area contributed by atoms with Gasteiger partial charge in [0.1, 0.15) is 17.3 Å². The second-order valence-corrected chi connectivity index (χ2v) is 7.83. The van der Waals surface area contributed by atoms with Gasteiger partial charge in [-0.05, 0) is 62.2 Å². The lowest BCUT2D eigenvalue weighted by Gasteiger charge is -2.25. The van der Waals surface area contributed by atoms with Gasteiger partial charge in [-0.3, -0.25) is 9.59 Å². The van der Waals surface area contributed by atoms with Crippen molar-refractivity contribution < 1.29 is 23.8 Å². The number of furan rings is 1. The molecule has 2 aromatic carbocycles. The maximum atomic E-state index is 13.1. The van der Waals surface area contributed by atoms with E-state index in [-0.39, 0.29) is 17.9 Å². The number of aliphatic hydroxyl groups is 1. The lowest BCUT2D eigenvalue weighted by atomic mass is 9.94. The zero-order chi connectivity index (χ0) is 22.8. The highest BCUT2D eigenvalue weighted by molar-refractivity contribution is 6.46. The Morgan fingerprint density at radius 2 is 1.91 bits per heavy atom. The number of hydrogen-bond acceptors (Lipinski definition) is 5. The summed E-state index contributed by atoms with van der Waals surface area (Å²) < 4.78 is 11.0. The molecule has 1 aliphatic heterocycles. The number of aryl methyl sites for hydroxylation is 2. The van der Waals surface area contributed by atoms with Gasteiger partial charge in [0.25, 0.3) is 11.7 Å². The van der Waals surface area contributed by atoms with Crippen LogP contribution in [0.15, 0.2) is 70.9 Å².